The highest BCUT2D eigenvalue weighted by Crippen LogP contribution is 2.30. The second kappa shape index (κ2) is 8.87. The predicted octanol–water partition coefficient (Wildman–Crippen LogP) is 3.15. The van der Waals surface area contributed by atoms with Gasteiger partial charge >= 0.3 is 0 Å². The summed E-state index contributed by atoms with van der Waals surface area (Å²) in [7, 11) is 0. The zero-order valence-corrected chi connectivity index (χ0v) is 16.0. The molecule has 1 aliphatic rings. The average Bonchev–Trinajstić information content (AvgIpc) is 2.71. The molecule has 2 aromatic rings. The van der Waals surface area contributed by atoms with Gasteiger partial charge in [-0.15, -0.1) is 0 Å². The fourth-order valence-corrected chi connectivity index (χ4v) is 3.43. The molecule has 0 saturated carbocycles. The number of likely N-dealkylation sites (tertiary alicyclic amines) is 1. The lowest BCUT2D eigenvalue weighted by molar-refractivity contribution is -0.142. The third-order valence-corrected chi connectivity index (χ3v) is 5.04. The van der Waals surface area contributed by atoms with Crippen LogP contribution in [0.5, 0.6) is 5.75 Å². The topological polar surface area (TPSA) is 58.6 Å². The van der Waals surface area contributed by atoms with Crippen molar-refractivity contribution in [1.29, 1.82) is 0 Å². The molecule has 0 aromatic heterocycles. The Labute approximate surface area is 164 Å². The molecule has 0 unspecified atom stereocenters. The molecule has 1 aliphatic heterocycles. The number of para-hydroxylation sites is 1. The molecule has 1 atom stereocenters. The largest absolute Gasteiger partial charge is 0.484 e. The molecule has 0 radical (unpaired) electrons. The molecule has 1 fully saturated rings. The summed E-state index contributed by atoms with van der Waals surface area (Å²) in [5.41, 5.74) is 0.0329. The molecule has 2 aromatic carbocycles. The van der Waals surface area contributed by atoms with E-state index >= 15 is 0 Å². The summed E-state index contributed by atoms with van der Waals surface area (Å²) in [6.07, 6.45) is 1.45. The molecule has 148 valence electrons. The van der Waals surface area contributed by atoms with Crippen LogP contribution in [-0.4, -0.2) is 36.4 Å². The number of benzene rings is 2. The van der Waals surface area contributed by atoms with Gasteiger partial charge in [0.2, 0.25) is 5.91 Å². The first-order valence-electron chi connectivity index (χ1n) is 9.45. The van der Waals surface area contributed by atoms with Crippen LogP contribution in [0, 0.1) is 11.2 Å². The number of piperidine rings is 1. The van der Waals surface area contributed by atoms with Crippen LogP contribution in [0.1, 0.15) is 25.3 Å². The number of hydrogen-bond acceptors (Lipinski definition) is 3. The van der Waals surface area contributed by atoms with Gasteiger partial charge in [-0.25, -0.2) is 4.39 Å². The van der Waals surface area contributed by atoms with Gasteiger partial charge in [-0.05, 0) is 49.6 Å². The van der Waals surface area contributed by atoms with E-state index < -0.39 is 5.41 Å². The second-order valence-corrected chi connectivity index (χ2v) is 7.39. The molecule has 1 heterocycles. The third kappa shape index (κ3) is 5.09. The van der Waals surface area contributed by atoms with E-state index in [1.807, 2.05) is 25.1 Å². The molecular formula is C22H25FN2O3. The minimum atomic E-state index is -0.673. The number of carbonyl (C=O) groups is 2. The molecule has 5 nitrogen and oxygen atoms in total. The van der Waals surface area contributed by atoms with Crippen molar-refractivity contribution < 1.29 is 18.7 Å². The fraction of sp³-hybridized carbons (Fsp3) is 0.364. The minimum Gasteiger partial charge on any atom is -0.484 e. The van der Waals surface area contributed by atoms with Gasteiger partial charge in [0.15, 0.2) is 6.61 Å². The molecule has 28 heavy (non-hydrogen) atoms. The van der Waals surface area contributed by atoms with Gasteiger partial charge in [-0.1, -0.05) is 30.3 Å². The van der Waals surface area contributed by atoms with Gasteiger partial charge in [0.25, 0.3) is 5.91 Å². The van der Waals surface area contributed by atoms with E-state index in [4.69, 9.17) is 4.74 Å². The molecule has 2 amide bonds. The summed E-state index contributed by atoms with van der Waals surface area (Å²) < 4.78 is 18.8. The lowest BCUT2D eigenvalue weighted by Gasteiger charge is -2.39. The number of carbonyl (C=O) groups excluding carboxylic acids is 2. The Morgan fingerprint density at radius 1 is 1.18 bits per heavy atom. The van der Waals surface area contributed by atoms with Gasteiger partial charge in [-0.3, -0.25) is 9.59 Å². The van der Waals surface area contributed by atoms with E-state index in [1.54, 1.807) is 29.2 Å². The third-order valence-electron chi connectivity index (χ3n) is 5.04. The van der Waals surface area contributed by atoms with E-state index in [-0.39, 0.29) is 30.8 Å². The van der Waals surface area contributed by atoms with Crippen LogP contribution >= 0.6 is 0 Å². The molecule has 1 N–H and O–H groups in total. The van der Waals surface area contributed by atoms with Gasteiger partial charge < -0.3 is 15.0 Å². The van der Waals surface area contributed by atoms with Crippen molar-refractivity contribution in [1.82, 2.24) is 10.2 Å². The Bertz CT molecular complexity index is 828. The van der Waals surface area contributed by atoms with Crippen LogP contribution in [0.25, 0.3) is 0 Å². The molecule has 0 aliphatic carbocycles. The van der Waals surface area contributed by atoms with Crippen LogP contribution in [0.2, 0.25) is 0 Å². The highest BCUT2D eigenvalue weighted by atomic mass is 19.1. The normalized spacial score (nSPS) is 19.1. The molecule has 0 bridgehead atoms. The second-order valence-electron chi connectivity index (χ2n) is 7.39. The number of hydrogen-bond donors (Lipinski definition) is 1. The number of nitrogens with zero attached hydrogens (tertiary/aromatic N) is 1. The number of amides is 2. The van der Waals surface area contributed by atoms with Crippen LogP contribution in [0.4, 0.5) is 4.39 Å². The summed E-state index contributed by atoms with van der Waals surface area (Å²) in [5.74, 6) is 0.0558. The monoisotopic (exact) mass is 384 g/mol. The molecule has 3 rings (SSSR count). The zero-order chi connectivity index (χ0) is 20.0. The summed E-state index contributed by atoms with van der Waals surface area (Å²) in [6, 6.07) is 15.3. The lowest BCUT2D eigenvalue weighted by Crippen LogP contribution is -2.52. The van der Waals surface area contributed by atoms with Crippen molar-refractivity contribution >= 4 is 11.8 Å². The van der Waals surface area contributed by atoms with Crippen LogP contribution in [0.15, 0.2) is 54.6 Å². The fourth-order valence-electron chi connectivity index (χ4n) is 3.43. The van der Waals surface area contributed by atoms with Crippen molar-refractivity contribution in [2.24, 2.45) is 5.41 Å². The van der Waals surface area contributed by atoms with Crippen molar-refractivity contribution in [2.75, 3.05) is 19.7 Å². The molecular weight excluding hydrogens is 359 g/mol. The summed E-state index contributed by atoms with van der Waals surface area (Å²) in [5, 5.41) is 2.88. The standard InChI is InChI=1S/C22H25FN2O3/c1-22(21(27)24-14-17-7-5-8-18(23)13-17)11-6-12-25(16-22)20(26)15-28-19-9-3-2-4-10-19/h2-5,7-10,13H,6,11-12,14-16H2,1H3,(H,24,27)/t22-/m0/s1. The van der Waals surface area contributed by atoms with Gasteiger partial charge in [-0.2, -0.15) is 0 Å². The molecule has 0 spiro atoms. The Balaban J connectivity index is 1.54. The maximum absolute atomic E-state index is 13.3. The highest BCUT2D eigenvalue weighted by molar-refractivity contribution is 5.84. The lowest BCUT2D eigenvalue weighted by atomic mass is 9.81. The Hall–Kier alpha value is -2.89. The number of halogens is 1. The molecule has 1 saturated heterocycles. The van der Waals surface area contributed by atoms with Gasteiger partial charge in [0, 0.05) is 19.6 Å². The number of ether oxygens (including phenoxy) is 1. The zero-order valence-electron chi connectivity index (χ0n) is 16.0. The van der Waals surface area contributed by atoms with Crippen molar-refractivity contribution in [3.63, 3.8) is 0 Å². The van der Waals surface area contributed by atoms with Gasteiger partial charge in [0.1, 0.15) is 11.6 Å². The van der Waals surface area contributed by atoms with Crippen LogP contribution in [-0.2, 0) is 16.1 Å². The average molecular weight is 384 g/mol. The summed E-state index contributed by atoms with van der Waals surface area (Å²) >= 11 is 0. The van der Waals surface area contributed by atoms with Crippen molar-refractivity contribution in [2.45, 2.75) is 26.3 Å². The van der Waals surface area contributed by atoms with E-state index in [0.717, 1.165) is 6.42 Å². The van der Waals surface area contributed by atoms with Crippen molar-refractivity contribution in [3.05, 3.63) is 66.0 Å². The molecule has 6 heteroatoms. The van der Waals surface area contributed by atoms with Crippen molar-refractivity contribution in [3.8, 4) is 5.75 Å². The van der Waals surface area contributed by atoms with Crippen LogP contribution < -0.4 is 10.1 Å². The number of rotatable bonds is 6. The van der Waals surface area contributed by atoms with E-state index in [2.05, 4.69) is 5.32 Å². The predicted molar refractivity (Wildman–Crippen MR) is 104 cm³/mol. The van der Waals surface area contributed by atoms with Crippen LogP contribution in [0.3, 0.4) is 0 Å². The minimum absolute atomic E-state index is 0.0506. The first-order chi connectivity index (χ1) is 13.5. The summed E-state index contributed by atoms with van der Waals surface area (Å²) in [4.78, 5) is 27.0. The maximum Gasteiger partial charge on any atom is 0.260 e. The van der Waals surface area contributed by atoms with E-state index in [0.29, 0.717) is 30.8 Å². The first-order valence-corrected chi connectivity index (χ1v) is 9.45. The Morgan fingerprint density at radius 2 is 1.96 bits per heavy atom. The number of nitrogens with one attached hydrogen (secondary N) is 1. The Kier molecular flexibility index (Phi) is 6.29. The smallest absolute Gasteiger partial charge is 0.260 e. The quantitative estimate of drug-likeness (QED) is 0.832. The van der Waals surface area contributed by atoms with Gasteiger partial charge in [0.05, 0.1) is 5.41 Å². The first kappa shape index (κ1) is 19.9. The van der Waals surface area contributed by atoms with E-state index in [9.17, 15) is 14.0 Å². The summed E-state index contributed by atoms with van der Waals surface area (Å²) in [6.45, 7) is 3.04. The Morgan fingerprint density at radius 3 is 2.71 bits per heavy atom. The SMILES string of the molecule is C[C@]1(C(=O)NCc2cccc(F)c2)CCCN(C(=O)COc2ccccc2)C1. The van der Waals surface area contributed by atoms with E-state index in [1.165, 1.54) is 12.1 Å². The highest BCUT2D eigenvalue weighted by Gasteiger charge is 2.39. The maximum atomic E-state index is 13.3.